The number of hydrogen-bond donors (Lipinski definition) is 0. The summed E-state index contributed by atoms with van der Waals surface area (Å²) in [5, 5.41) is 1.24. The van der Waals surface area contributed by atoms with Gasteiger partial charge in [-0.05, 0) is 29.5 Å². The van der Waals surface area contributed by atoms with E-state index >= 15 is 0 Å². The molecule has 106 valence electrons. The molecule has 1 aromatic heterocycles. The maximum atomic E-state index is 12.4. The Morgan fingerprint density at radius 1 is 1.05 bits per heavy atom. The summed E-state index contributed by atoms with van der Waals surface area (Å²) in [4.78, 5) is 13.6. The van der Waals surface area contributed by atoms with E-state index in [0.717, 1.165) is 6.42 Å². The number of hydrogen-bond acceptors (Lipinski definition) is 2. The van der Waals surface area contributed by atoms with Gasteiger partial charge in [0, 0.05) is 21.9 Å². The van der Waals surface area contributed by atoms with Crippen molar-refractivity contribution in [3.8, 4) is 0 Å². The normalized spacial score (nSPS) is 12.4. The predicted octanol–water partition coefficient (Wildman–Crippen LogP) is 5.21. The van der Waals surface area contributed by atoms with Crippen LogP contribution in [0.5, 0.6) is 0 Å². The molecule has 21 heavy (non-hydrogen) atoms. The Kier molecular flexibility index (Phi) is 4.16. The van der Waals surface area contributed by atoms with Gasteiger partial charge in [0.2, 0.25) is 0 Å². The maximum absolute atomic E-state index is 12.4. The van der Waals surface area contributed by atoms with E-state index in [2.05, 4.69) is 30.3 Å². The smallest absolute Gasteiger partial charge is 0.141 e. The van der Waals surface area contributed by atoms with Crippen LogP contribution in [0.2, 0.25) is 0 Å². The van der Waals surface area contributed by atoms with Gasteiger partial charge >= 0.3 is 0 Å². The zero-order valence-electron chi connectivity index (χ0n) is 12.1. The van der Waals surface area contributed by atoms with Crippen molar-refractivity contribution in [2.24, 2.45) is 0 Å². The van der Waals surface area contributed by atoms with Gasteiger partial charge in [-0.2, -0.15) is 0 Å². The van der Waals surface area contributed by atoms with Crippen LogP contribution in [0, 0.1) is 0 Å². The number of ketones is 1. The molecule has 2 aromatic carbocycles. The zero-order chi connectivity index (χ0) is 14.7. The van der Waals surface area contributed by atoms with E-state index in [-0.39, 0.29) is 5.92 Å². The van der Waals surface area contributed by atoms with Crippen molar-refractivity contribution >= 4 is 27.2 Å². The number of fused-ring (bicyclic) bond motifs is 1. The van der Waals surface area contributed by atoms with Crippen LogP contribution in [0.4, 0.5) is 0 Å². The minimum atomic E-state index is -0.00823. The van der Waals surface area contributed by atoms with Crippen LogP contribution >= 0.6 is 11.3 Å². The molecule has 0 unspecified atom stereocenters. The molecule has 0 aliphatic rings. The summed E-state index contributed by atoms with van der Waals surface area (Å²) in [6.45, 7) is 2.03. The van der Waals surface area contributed by atoms with Crippen molar-refractivity contribution in [1.29, 1.82) is 0 Å². The minimum Gasteiger partial charge on any atom is -0.299 e. The number of benzene rings is 2. The summed E-state index contributed by atoms with van der Waals surface area (Å²) in [6.07, 6.45) is 1.44. The summed E-state index contributed by atoms with van der Waals surface area (Å²) in [7, 11) is 0. The highest BCUT2D eigenvalue weighted by Gasteiger charge is 2.17. The lowest BCUT2D eigenvalue weighted by atomic mass is 9.98. The maximum Gasteiger partial charge on any atom is 0.141 e. The first-order chi connectivity index (χ1) is 10.2. The van der Waals surface area contributed by atoms with E-state index in [1.165, 1.54) is 20.5 Å². The number of Topliss-reactive ketones (excluding diaryl/α,β-unsaturated/α-hetero) is 1. The topological polar surface area (TPSA) is 17.1 Å². The van der Waals surface area contributed by atoms with Gasteiger partial charge in [0.15, 0.2) is 0 Å². The van der Waals surface area contributed by atoms with Gasteiger partial charge < -0.3 is 0 Å². The molecule has 0 fully saturated rings. The SMILES string of the molecule is C[C@H](C(=O)CCc1ccccc1)c1cc2ccccc2s1. The van der Waals surface area contributed by atoms with Gasteiger partial charge in [-0.1, -0.05) is 55.5 Å². The van der Waals surface area contributed by atoms with Gasteiger partial charge in [0.05, 0.1) is 0 Å². The second-order valence-corrected chi connectivity index (χ2v) is 6.48. The molecule has 3 aromatic rings. The number of thiophene rings is 1. The largest absolute Gasteiger partial charge is 0.299 e. The molecule has 2 heteroatoms. The van der Waals surface area contributed by atoms with Gasteiger partial charge in [-0.15, -0.1) is 11.3 Å². The fourth-order valence-corrected chi connectivity index (χ4v) is 3.64. The highest BCUT2D eigenvalue weighted by molar-refractivity contribution is 7.19. The van der Waals surface area contributed by atoms with Crippen LogP contribution in [0.3, 0.4) is 0 Å². The van der Waals surface area contributed by atoms with E-state index in [9.17, 15) is 4.79 Å². The molecule has 0 saturated heterocycles. The Morgan fingerprint density at radius 2 is 1.76 bits per heavy atom. The second kappa shape index (κ2) is 6.23. The quantitative estimate of drug-likeness (QED) is 0.631. The monoisotopic (exact) mass is 294 g/mol. The molecule has 0 amide bonds. The Bertz CT molecular complexity index is 709. The van der Waals surface area contributed by atoms with Crippen LogP contribution in [0.1, 0.15) is 29.7 Å². The molecule has 1 heterocycles. The van der Waals surface area contributed by atoms with E-state index in [1.807, 2.05) is 37.3 Å². The average molecular weight is 294 g/mol. The summed E-state index contributed by atoms with van der Waals surface area (Å²) in [5.41, 5.74) is 1.23. The van der Waals surface area contributed by atoms with Crippen molar-refractivity contribution in [2.75, 3.05) is 0 Å². The Morgan fingerprint density at radius 3 is 2.52 bits per heavy atom. The highest BCUT2D eigenvalue weighted by atomic mass is 32.1. The van der Waals surface area contributed by atoms with E-state index in [1.54, 1.807) is 11.3 Å². The van der Waals surface area contributed by atoms with Gasteiger partial charge in [-0.25, -0.2) is 0 Å². The molecule has 0 N–H and O–H groups in total. The third kappa shape index (κ3) is 3.22. The van der Waals surface area contributed by atoms with Gasteiger partial charge in [-0.3, -0.25) is 4.79 Å². The molecule has 0 saturated carbocycles. The van der Waals surface area contributed by atoms with Crippen molar-refractivity contribution in [3.63, 3.8) is 0 Å². The van der Waals surface area contributed by atoms with Crippen LogP contribution in [-0.4, -0.2) is 5.78 Å². The lowest BCUT2D eigenvalue weighted by Gasteiger charge is -2.08. The highest BCUT2D eigenvalue weighted by Crippen LogP contribution is 2.31. The van der Waals surface area contributed by atoms with Crippen molar-refractivity contribution < 1.29 is 4.79 Å². The molecule has 0 aliphatic heterocycles. The van der Waals surface area contributed by atoms with Crippen LogP contribution in [0.15, 0.2) is 60.7 Å². The molecule has 0 spiro atoms. The molecular formula is C19H18OS. The standard InChI is InChI=1S/C19H18OS/c1-14(17(20)12-11-15-7-3-2-4-8-15)19-13-16-9-5-6-10-18(16)21-19/h2-10,13-14H,11-12H2,1H3/t14-/m1/s1. The number of rotatable bonds is 5. The summed E-state index contributed by atoms with van der Waals surface area (Å²) in [6, 6.07) is 20.7. The van der Waals surface area contributed by atoms with E-state index in [4.69, 9.17) is 0 Å². The first-order valence-electron chi connectivity index (χ1n) is 7.29. The lowest BCUT2D eigenvalue weighted by Crippen LogP contribution is -2.08. The molecule has 0 radical (unpaired) electrons. The molecule has 0 aliphatic carbocycles. The number of carbonyl (C=O) groups excluding carboxylic acids is 1. The minimum absolute atomic E-state index is 0.00823. The molecule has 1 nitrogen and oxygen atoms in total. The van der Waals surface area contributed by atoms with E-state index < -0.39 is 0 Å². The number of carbonyl (C=O) groups is 1. The fourth-order valence-electron chi connectivity index (χ4n) is 2.50. The predicted molar refractivity (Wildman–Crippen MR) is 90.0 cm³/mol. The Balaban J connectivity index is 1.69. The first-order valence-corrected chi connectivity index (χ1v) is 8.11. The van der Waals surface area contributed by atoms with Gasteiger partial charge in [0.1, 0.15) is 5.78 Å². The molecule has 0 bridgehead atoms. The summed E-state index contributed by atoms with van der Waals surface area (Å²) < 4.78 is 1.26. The van der Waals surface area contributed by atoms with Crippen molar-refractivity contribution in [3.05, 3.63) is 71.1 Å². The van der Waals surface area contributed by atoms with E-state index in [0.29, 0.717) is 12.2 Å². The summed E-state index contributed by atoms with van der Waals surface area (Å²) in [5.74, 6) is 0.316. The first kappa shape index (κ1) is 14.0. The lowest BCUT2D eigenvalue weighted by molar-refractivity contribution is -0.120. The van der Waals surface area contributed by atoms with Crippen molar-refractivity contribution in [1.82, 2.24) is 0 Å². The Hall–Kier alpha value is -1.93. The third-order valence-corrected chi connectivity index (χ3v) is 5.16. The summed E-state index contributed by atoms with van der Waals surface area (Å²) >= 11 is 1.73. The average Bonchev–Trinajstić information content (AvgIpc) is 2.97. The van der Waals surface area contributed by atoms with Crippen LogP contribution in [0.25, 0.3) is 10.1 Å². The van der Waals surface area contributed by atoms with Crippen LogP contribution in [-0.2, 0) is 11.2 Å². The Labute approximate surface area is 129 Å². The molecule has 1 atom stereocenters. The zero-order valence-corrected chi connectivity index (χ0v) is 12.9. The molecular weight excluding hydrogens is 276 g/mol. The van der Waals surface area contributed by atoms with Gasteiger partial charge in [0.25, 0.3) is 0 Å². The fraction of sp³-hybridized carbons (Fsp3) is 0.211. The van der Waals surface area contributed by atoms with Crippen molar-refractivity contribution in [2.45, 2.75) is 25.7 Å². The molecule has 3 rings (SSSR count). The number of aryl methyl sites for hydroxylation is 1. The third-order valence-electron chi connectivity index (χ3n) is 3.86. The van der Waals surface area contributed by atoms with Crippen LogP contribution < -0.4 is 0 Å². The second-order valence-electron chi connectivity index (χ2n) is 5.36.